The summed E-state index contributed by atoms with van der Waals surface area (Å²) in [5.41, 5.74) is 0.959. The number of aliphatic hydroxyl groups excluding tert-OH is 1. The molecule has 0 fully saturated rings. The SMILES string of the molecule is CCn1c(SCC(O)COc2ccc3ccccc3c2)nnc1-c1ccc(Cl)cc1. The minimum atomic E-state index is -0.623. The zero-order chi connectivity index (χ0) is 20.9. The third-order valence-electron chi connectivity index (χ3n) is 4.70. The number of aromatic nitrogens is 3. The van der Waals surface area contributed by atoms with E-state index < -0.39 is 6.10 Å². The fourth-order valence-electron chi connectivity index (χ4n) is 3.16. The molecule has 0 aliphatic rings. The molecule has 0 radical (unpaired) electrons. The molecule has 1 atom stereocenters. The van der Waals surface area contributed by atoms with Gasteiger partial charge in [0.25, 0.3) is 0 Å². The summed E-state index contributed by atoms with van der Waals surface area (Å²) in [5.74, 6) is 2.00. The molecule has 7 heteroatoms. The van der Waals surface area contributed by atoms with Crippen LogP contribution in [0.15, 0.2) is 71.9 Å². The maximum Gasteiger partial charge on any atom is 0.191 e. The topological polar surface area (TPSA) is 60.2 Å². The van der Waals surface area contributed by atoms with Crippen molar-refractivity contribution in [1.29, 1.82) is 0 Å². The molecule has 1 heterocycles. The van der Waals surface area contributed by atoms with Crippen LogP contribution in [0.2, 0.25) is 5.02 Å². The van der Waals surface area contributed by atoms with Crippen molar-refractivity contribution in [2.45, 2.75) is 24.7 Å². The Morgan fingerprint density at radius 3 is 2.57 bits per heavy atom. The molecule has 5 nitrogen and oxygen atoms in total. The van der Waals surface area contributed by atoms with Crippen molar-refractivity contribution >= 4 is 34.1 Å². The van der Waals surface area contributed by atoms with Crippen molar-refractivity contribution in [2.75, 3.05) is 12.4 Å². The Morgan fingerprint density at radius 2 is 1.80 bits per heavy atom. The zero-order valence-corrected chi connectivity index (χ0v) is 18.1. The number of fused-ring (bicyclic) bond motifs is 1. The number of nitrogens with zero attached hydrogens (tertiary/aromatic N) is 3. The summed E-state index contributed by atoms with van der Waals surface area (Å²) >= 11 is 7.45. The van der Waals surface area contributed by atoms with Gasteiger partial charge < -0.3 is 14.4 Å². The van der Waals surface area contributed by atoms with Gasteiger partial charge in [0.2, 0.25) is 0 Å². The number of thioether (sulfide) groups is 1. The van der Waals surface area contributed by atoms with Gasteiger partial charge in [-0.05, 0) is 54.1 Å². The van der Waals surface area contributed by atoms with Crippen LogP contribution >= 0.6 is 23.4 Å². The molecule has 0 saturated heterocycles. The lowest BCUT2D eigenvalue weighted by Crippen LogP contribution is -2.20. The predicted octanol–water partition coefficient (Wildman–Crippen LogP) is 5.30. The monoisotopic (exact) mass is 439 g/mol. The quantitative estimate of drug-likeness (QED) is 0.377. The van der Waals surface area contributed by atoms with Gasteiger partial charge in [-0.1, -0.05) is 53.7 Å². The number of aliphatic hydroxyl groups is 1. The molecule has 0 bridgehead atoms. The molecule has 4 aromatic rings. The summed E-state index contributed by atoms with van der Waals surface area (Å²) in [6, 6.07) is 21.6. The van der Waals surface area contributed by atoms with Crippen LogP contribution in [0, 0.1) is 0 Å². The zero-order valence-electron chi connectivity index (χ0n) is 16.5. The summed E-state index contributed by atoms with van der Waals surface area (Å²) in [4.78, 5) is 0. The Morgan fingerprint density at radius 1 is 1.03 bits per heavy atom. The van der Waals surface area contributed by atoms with Gasteiger partial charge in [-0.25, -0.2) is 0 Å². The maximum absolute atomic E-state index is 10.4. The van der Waals surface area contributed by atoms with Crippen LogP contribution in [0.4, 0.5) is 0 Å². The van der Waals surface area contributed by atoms with Crippen LogP contribution in [0.5, 0.6) is 5.75 Å². The van der Waals surface area contributed by atoms with Gasteiger partial charge in [0, 0.05) is 22.9 Å². The largest absolute Gasteiger partial charge is 0.491 e. The van der Waals surface area contributed by atoms with E-state index in [1.54, 1.807) is 0 Å². The van der Waals surface area contributed by atoms with Crippen molar-refractivity contribution in [3.8, 4) is 17.1 Å². The predicted molar refractivity (Wildman–Crippen MR) is 122 cm³/mol. The number of hydrogen-bond acceptors (Lipinski definition) is 5. The summed E-state index contributed by atoms with van der Waals surface area (Å²) in [7, 11) is 0. The lowest BCUT2D eigenvalue weighted by atomic mass is 10.1. The number of benzene rings is 3. The Bertz CT molecular complexity index is 1130. The van der Waals surface area contributed by atoms with E-state index in [4.69, 9.17) is 16.3 Å². The highest BCUT2D eigenvalue weighted by atomic mass is 35.5. The van der Waals surface area contributed by atoms with Gasteiger partial charge in [-0.2, -0.15) is 0 Å². The molecular weight excluding hydrogens is 418 g/mol. The molecule has 1 unspecified atom stereocenters. The molecule has 0 saturated carbocycles. The Labute approximate surface area is 184 Å². The van der Waals surface area contributed by atoms with E-state index in [9.17, 15) is 5.11 Å². The average Bonchev–Trinajstić information content (AvgIpc) is 3.19. The summed E-state index contributed by atoms with van der Waals surface area (Å²) < 4.78 is 7.82. The maximum atomic E-state index is 10.4. The first kappa shape index (κ1) is 20.7. The van der Waals surface area contributed by atoms with Crippen LogP contribution in [0.3, 0.4) is 0 Å². The molecule has 0 spiro atoms. The first-order chi connectivity index (χ1) is 14.6. The molecule has 0 aliphatic carbocycles. The Balaban J connectivity index is 1.36. The van der Waals surface area contributed by atoms with Crippen LogP contribution in [0.1, 0.15) is 6.92 Å². The van der Waals surface area contributed by atoms with Gasteiger partial charge in [0.05, 0.1) is 6.10 Å². The van der Waals surface area contributed by atoms with Crippen LogP contribution < -0.4 is 4.74 Å². The van der Waals surface area contributed by atoms with Crippen molar-refractivity contribution in [3.05, 3.63) is 71.8 Å². The molecule has 0 aliphatic heterocycles. The number of rotatable bonds is 8. The molecule has 1 aromatic heterocycles. The normalized spacial score (nSPS) is 12.2. The second-order valence-electron chi connectivity index (χ2n) is 6.84. The highest BCUT2D eigenvalue weighted by Gasteiger charge is 2.15. The van der Waals surface area contributed by atoms with Crippen molar-refractivity contribution in [2.24, 2.45) is 0 Å². The van der Waals surface area contributed by atoms with E-state index in [-0.39, 0.29) is 6.61 Å². The molecular formula is C23H22ClN3O2S. The Hall–Kier alpha value is -2.54. The molecule has 0 amide bonds. The molecule has 30 heavy (non-hydrogen) atoms. The van der Waals surface area contributed by atoms with Gasteiger partial charge in [0.15, 0.2) is 11.0 Å². The van der Waals surface area contributed by atoms with Crippen LogP contribution in [-0.2, 0) is 6.54 Å². The van der Waals surface area contributed by atoms with Crippen molar-refractivity contribution in [1.82, 2.24) is 14.8 Å². The highest BCUT2D eigenvalue weighted by Crippen LogP contribution is 2.26. The lowest BCUT2D eigenvalue weighted by Gasteiger charge is -2.13. The second kappa shape index (κ2) is 9.51. The average molecular weight is 440 g/mol. The third kappa shape index (κ3) is 4.78. The van der Waals surface area contributed by atoms with E-state index in [1.165, 1.54) is 11.8 Å². The number of ether oxygens (including phenoxy) is 1. The van der Waals surface area contributed by atoms with Gasteiger partial charge >= 0.3 is 0 Å². The summed E-state index contributed by atoms with van der Waals surface area (Å²) in [6.45, 7) is 3.00. The van der Waals surface area contributed by atoms with Crippen LogP contribution in [0.25, 0.3) is 22.2 Å². The molecule has 3 aromatic carbocycles. The smallest absolute Gasteiger partial charge is 0.191 e. The van der Waals surface area contributed by atoms with Gasteiger partial charge in [-0.15, -0.1) is 10.2 Å². The Kier molecular flexibility index (Phi) is 6.57. The first-order valence-corrected chi connectivity index (χ1v) is 11.1. The van der Waals surface area contributed by atoms with Gasteiger partial charge in [-0.3, -0.25) is 0 Å². The summed E-state index contributed by atoms with van der Waals surface area (Å²) in [6.07, 6.45) is -0.623. The van der Waals surface area contributed by atoms with E-state index in [0.29, 0.717) is 10.8 Å². The van der Waals surface area contributed by atoms with Gasteiger partial charge in [0.1, 0.15) is 12.4 Å². The first-order valence-electron chi connectivity index (χ1n) is 9.75. The number of halogens is 1. The highest BCUT2D eigenvalue weighted by molar-refractivity contribution is 7.99. The van der Waals surface area contributed by atoms with Crippen LogP contribution in [-0.4, -0.2) is 38.3 Å². The van der Waals surface area contributed by atoms with E-state index >= 15 is 0 Å². The standard InChI is InChI=1S/C23H22ClN3O2S/c1-2-27-22(17-7-10-19(24)11-8-17)25-26-23(27)30-15-20(28)14-29-21-12-9-16-5-3-4-6-18(16)13-21/h3-13,20,28H,2,14-15H2,1H3. The minimum absolute atomic E-state index is 0.218. The molecule has 4 rings (SSSR count). The lowest BCUT2D eigenvalue weighted by molar-refractivity contribution is 0.126. The number of hydrogen-bond donors (Lipinski definition) is 1. The van der Waals surface area contributed by atoms with E-state index in [0.717, 1.165) is 39.6 Å². The van der Waals surface area contributed by atoms with E-state index in [1.807, 2.05) is 72.2 Å². The fraction of sp³-hybridized carbons (Fsp3) is 0.217. The van der Waals surface area contributed by atoms with Crippen molar-refractivity contribution in [3.63, 3.8) is 0 Å². The summed E-state index contributed by atoms with van der Waals surface area (Å²) in [5, 5.41) is 22.7. The van der Waals surface area contributed by atoms with Crippen molar-refractivity contribution < 1.29 is 9.84 Å². The second-order valence-corrected chi connectivity index (χ2v) is 8.27. The molecule has 154 valence electrons. The fourth-order valence-corrected chi connectivity index (χ4v) is 4.20. The third-order valence-corrected chi connectivity index (χ3v) is 6.07. The minimum Gasteiger partial charge on any atom is -0.491 e. The van der Waals surface area contributed by atoms with E-state index in [2.05, 4.69) is 16.3 Å². The molecule has 1 N–H and O–H groups in total.